The van der Waals surface area contributed by atoms with Crippen LogP contribution < -0.4 is 15.4 Å². The molecule has 1 aromatic rings. The number of hydrogen-bond donors (Lipinski definition) is 2. The van der Waals surface area contributed by atoms with E-state index >= 15 is 0 Å². The first kappa shape index (κ1) is 17.4. The van der Waals surface area contributed by atoms with Gasteiger partial charge < -0.3 is 20.1 Å². The average molecular weight is 341 g/mol. The SMILES string of the molecule is CC(C)(C)OC(=O)NCC(=O)NC1CCOc2c(Cl)cccc21. The minimum atomic E-state index is -0.622. The van der Waals surface area contributed by atoms with Gasteiger partial charge in [-0.05, 0) is 26.8 Å². The quantitative estimate of drug-likeness (QED) is 0.887. The second-order valence-corrected chi connectivity index (χ2v) is 6.68. The number of ether oxygens (including phenoxy) is 2. The number of para-hydroxylation sites is 1. The molecule has 2 amide bonds. The molecule has 0 saturated carbocycles. The lowest BCUT2D eigenvalue weighted by Crippen LogP contribution is -2.41. The number of carbonyl (C=O) groups excluding carboxylic acids is 2. The van der Waals surface area contributed by atoms with Crippen LogP contribution in [0.3, 0.4) is 0 Å². The van der Waals surface area contributed by atoms with Crippen LogP contribution in [-0.2, 0) is 9.53 Å². The number of amides is 2. The van der Waals surface area contributed by atoms with Crippen molar-refractivity contribution in [2.45, 2.75) is 38.8 Å². The molecule has 1 aliphatic heterocycles. The molecule has 2 rings (SSSR count). The average Bonchev–Trinajstić information content (AvgIpc) is 2.44. The van der Waals surface area contributed by atoms with E-state index in [1.54, 1.807) is 26.8 Å². The summed E-state index contributed by atoms with van der Waals surface area (Å²) in [6.45, 7) is 5.60. The van der Waals surface area contributed by atoms with Crippen LogP contribution in [0.5, 0.6) is 5.75 Å². The molecule has 7 heteroatoms. The van der Waals surface area contributed by atoms with Gasteiger partial charge in [0.2, 0.25) is 5.91 Å². The summed E-state index contributed by atoms with van der Waals surface area (Å²) in [6, 6.07) is 5.24. The summed E-state index contributed by atoms with van der Waals surface area (Å²) in [4.78, 5) is 23.6. The van der Waals surface area contributed by atoms with Gasteiger partial charge in [0.1, 0.15) is 17.9 Å². The minimum absolute atomic E-state index is 0.151. The van der Waals surface area contributed by atoms with E-state index in [0.29, 0.717) is 23.8 Å². The van der Waals surface area contributed by atoms with Gasteiger partial charge in [-0.25, -0.2) is 4.79 Å². The highest BCUT2D eigenvalue weighted by molar-refractivity contribution is 6.32. The van der Waals surface area contributed by atoms with Gasteiger partial charge in [0, 0.05) is 12.0 Å². The third-order valence-electron chi connectivity index (χ3n) is 3.15. The van der Waals surface area contributed by atoms with Gasteiger partial charge in [-0.1, -0.05) is 23.7 Å². The predicted octanol–water partition coefficient (Wildman–Crippen LogP) is 2.80. The molecule has 0 aliphatic carbocycles. The molecule has 0 aromatic heterocycles. The first-order valence-corrected chi connectivity index (χ1v) is 7.81. The summed E-state index contributed by atoms with van der Waals surface area (Å²) in [7, 11) is 0. The monoisotopic (exact) mass is 340 g/mol. The first-order valence-electron chi connectivity index (χ1n) is 7.44. The van der Waals surface area contributed by atoms with E-state index in [0.717, 1.165) is 5.56 Å². The second kappa shape index (κ2) is 7.08. The molecule has 0 saturated heterocycles. The molecule has 2 N–H and O–H groups in total. The number of fused-ring (bicyclic) bond motifs is 1. The van der Waals surface area contributed by atoms with Crippen LogP contribution in [0.2, 0.25) is 5.02 Å². The Bertz CT molecular complexity index is 598. The zero-order valence-corrected chi connectivity index (χ0v) is 14.2. The lowest BCUT2D eigenvalue weighted by Gasteiger charge is -2.27. The highest BCUT2D eigenvalue weighted by Gasteiger charge is 2.25. The highest BCUT2D eigenvalue weighted by atomic mass is 35.5. The van der Waals surface area contributed by atoms with Gasteiger partial charge in [0.05, 0.1) is 17.7 Å². The molecule has 6 nitrogen and oxygen atoms in total. The lowest BCUT2D eigenvalue weighted by atomic mass is 10.0. The van der Waals surface area contributed by atoms with Crippen molar-refractivity contribution in [1.82, 2.24) is 10.6 Å². The number of halogens is 1. The fourth-order valence-electron chi connectivity index (χ4n) is 2.25. The summed E-state index contributed by atoms with van der Waals surface area (Å²) in [5.74, 6) is 0.305. The fraction of sp³-hybridized carbons (Fsp3) is 0.500. The maximum absolute atomic E-state index is 12.0. The Labute approximate surface area is 140 Å². The molecule has 0 bridgehead atoms. The number of carbonyl (C=O) groups is 2. The molecular weight excluding hydrogens is 320 g/mol. The zero-order chi connectivity index (χ0) is 17.0. The number of nitrogens with one attached hydrogen (secondary N) is 2. The van der Waals surface area contributed by atoms with Crippen LogP contribution in [0, 0.1) is 0 Å². The summed E-state index contributed by atoms with van der Waals surface area (Å²) < 4.78 is 10.6. The Morgan fingerprint density at radius 1 is 1.39 bits per heavy atom. The van der Waals surface area contributed by atoms with Gasteiger partial charge >= 0.3 is 6.09 Å². The van der Waals surface area contributed by atoms with Crippen molar-refractivity contribution < 1.29 is 19.1 Å². The summed E-state index contributed by atoms with van der Waals surface area (Å²) in [5.41, 5.74) is 0.242. The maximum atomic E-state index is 12.0. The van der Waals surface area contributed by atoms with Crippen LogP contribution >= 0.6 is 11.6 Å². The van der Waals surface area contributed by atoms with Gasteiger partial charge in [0.15, 0.2) is 0 Å². The van der Waals surface area contributed by atoms with Crippen LogP contribution in [0.25, 0.3) is 0 Å². The molecule has 1 aromatic carbocycles. The van der Waals surface area contributed by atoms with Gasteiger partial charge in [0.25, 0.3) is 0 Å². The molecule has 0 fully saturated rings. The fourth-order valence-corrected chi connectivity index (χ4v) is 2.48. The molecule has 126 valence electrons. The van der Waals surface area contributed by atoms with E-state index in [1.165, 1.54) is 0 Å². The third-order valence-corrected chi connectivity index (χ3v) is 3.45. The third kappa shape index (κ3) is 5.03. The van der Waals surface area contributed by atoms with E-state index < -0.39 is 11.7 Å². The first-order chi connectivity index (χ1) is 10.8. The molecule has 1 aliphatic rings. The number of rotatable bonds is 3. The van der Waals surface area contributed by atoms with E-state index in [1.807, 2.05) is 12.1 Å². The van der Waals surface area contributed by atoms with E-state index in [2.05, 4.69) is 10.6 Å². The molecular formula is C16H21ClN2O4. The molecule has 0 radical (unpaired) electrons. The maximum Gasteiger partial charge on any atom is 0.408 e. The normalized spacial score (nSPS) is 16.8. The topological polar surface area (TPSA) is 76.7 Å². The van der Waals surface area contributed by atoms with Crippen LogP contribution in [0.1, 0.15) is 38.8 Å². The highest BCUT2D eigenvalue weighted by Crippen LogP contribution is 2.37. The largest absolute Gasteiger partial charge is 0.492 e. The molecule has 1 unspecified atom stereocenters. The van der Waals surface area contributed by atoms with Crippen molar-refractivity contribution >= 4 is 23.6 Å². The van der Waals surface area contributed by atoms with Crippen LogP contribution in [0.15, 0.2) is 18.2 Å². The summed E-state index contributed by atoms with van der Waals surface area (Å²) >= 11 is 6.10. The Hall–Kier alpha value is -1.95. The Morgan fingerprint density at radius 2 is 2.13 bits per heavy atom. The molecule has 1 atom stereocenters. The summed E-state index contributed by atoms with van der Waals surface area (Å²) in [6.07, 6.45) is 0.0222. The predicted molar refractivity (Wildman–Crippen MR) is 86.7 cm³/mol. The summed E-state index contributed by atoms with van der Waals surface area (Å²) in [5, 5.41) is 5.83. The molecule has 1 heterocycles. The Balaban J connectivity index is 1.90. The van der Waals surface area contributed by atoms with Gasteiger partial charge in [-0.3, -0.25) is 4.79 Å². The van der Waals surface area contributed by atoms with Crippen molar-refractivity contribution in [3.8, 4) is 5.75 Å². The van der Waals surface area contributed by atoms with Gasteiger partial charge in [-0.2, -0.15) is 0 Å². The smallest absolute Gasteiger partial charge is 0.408 e. The minimum Gasteiger partial charge on any atom is -0.492 e. The van der Waals surface area contributed by atoms with Crippen molar-refractivity contribution in [1.29, 1.82) is 0 Å². The number of hydrogen-bond acceptors (Lipinski definition) is 4. The van der Waals surface area contributed by atoms with Gasteiger partial charge in [-0.15, -0.1) is 0 Å². The Morgan fingerprint density at radius 3 is 2.83 bits per heavy atom. The van der Waals surface area contributed by atoms with E-state index in [-0.39, 0.29) is 18.5 Å². The van der Waals surface area contributed by atoms with Crippen molar-refractivity contribution in [2.75, 3.05) is 13.2 Å². The van der Waals surface area contributed by atoms with E-state index in [4.69, 9.17) is 21.1 Å². The van der Waals surface area contributed by atoms with Crippen LogP contribution in [0.4, 0.5) is 4.79 Å². The van der Waals surface area contributed by atoms with Crippen molar-refractivity contribution in [3.63, 3.8) is 0 Å². The van der Waals surface area contributed by atoms with E-state index in [9.17, 15) is 9.59 Å². The lowest BCUT2D eigenvalue weighted by molar-refractivity contribution is -0.121. The van der Waals surface area contributed by atoms with Crippen molar-refractivity contribution in [2.24, 2.45) is 0 Å². The van der Waals surface area contributed by atoms with Crippen LogP contribution in [-0.4, -0.2) is 30.8 Å². The van der Waals surface area contributed by atoms with Crippen molar-refractivity contribution in [3.05, 3.63) is 28.8 Å². The molecule has 23 heavy (non-hydrogen) atoms. The number of benzene rings is 1. The zero-order valence-electron chi connectivity index (χ0n) is 13.4. The second-order valence-electron chi connectivity index (χ2n) is 6.27. The molecule has 0 spiro atoms. The standard InChI is InChI=1S/C16H21ClN2O4/c1-16(2,3)23-15(21)18-9-13(20)19-12-7-8-22-14-10(12)5-4-6-11(14)17/h4-6,12H,7-9H2,1-3H3,(H,18,21)(H,19,20). The Kier molecular flexibility index (Phi) is 5.36. The number of alkyl carbamates (subject to hydrolysis) is 1.